The summed E-state index contributed by atoms with van der Waals surface area (Å²) in [7, 11) is 0. The molecule has 0 aliphatic carbocycles. The van der Waals surface area contributed by atoms with Gasteiger partial charge in [0.2, 0.25) is 5.89 Å². The summed E-state index contributed by atoms with van der Waals surface area (Å²) >= 11 is 0. The Balaban J connectivity index is 2.03. The highest BCUT2D eigenvalue weighted by Crippen LogP contribution is 2.16. The first-order chi connectivity index (χ1) is 8.58. The molecule has 1 heterocycles. The number of oxazole rings is 1. The zero-order valence-corrected chi connectivity index (χ0v) is 11.4. The Kier molecular flexibility index (Phi) is 3.82. The largest absolute Gasteiger partial charge is 0.444 e. The van der Waals surface area contributed by atoms with E-state index in [4.69, 9.17) is 4.42 Å². The van der Waals surface area contributed by atoms with Gasteiger partial charge in [0, 0.05) is 6.54 Å². The summed E-state index contributed by atoms with van der Waals surface area (Å²) in [5, 5.41) is 3.45. The van der Waals surface area contributed by atoms with E-state index >= 15 is 0 Å². The van der Waals surface area contributed by atoms with Crippen LogP contribution in [0.2, 0.25) is 0 Å². The zero-order valence-electron chi connectivity index (χ0n) is 11.4. The maximum atomic E-state index is 5.52. The van der Waals surface area contributed by atoms with Crippen LogP contribution in [0.5, 0.6) is 0 Å². The Morgan fingerprint density at radius 3 is 2.44 bits per heavy atom. The number of rotatable bonds is 4. The molecule has 96 valence electrons. The first-order valence-corrected chi connectivity index (χ1v) is 6.28. The fourth-order valence-electron chi connectivity index (χ4n) is 2.04. The minimum absolute atomic E-state index is 0.123. The fraction of sp³-hybridized carbons (Fsp3) is 0.400. The lowest BCUT2D eigenvalue weighted by Crippen LogP contribution is -2.19. The van der Waals surface area contributed by atoms with E-state index in [1.165, 1.54) is 16.7 Å². The summed E-state index contributed by atoms with van der Waals surface area (Å²) in [6, 6.07) is 6.50. The molecule has 2 rings (SSSR count). The molecule has 0 fully saturated rings. The number of aromatic nitrogens is 1. The van der Waals surface area contributed by atoms with Crippen molar-refractivity contribution in [1.29, 1.82) is 0 Å². The molecule has 1 unspecified atom stereocenters. The topological polar surface area (TPSA) is 38.1 Å². The summed E-state index contributed by atoms with van der Waals surface area (Å²) < 4.78 is 5.52. The van der Waals surface area contributed by atoms with Gasteiger partial charge < -0.3 is 9.73 Å². The molecular formula is C15H20N2O. The summed E-state index contributed by atoms with van der Waals surface area (Å²) in [5.74, 6) is 1.60. The van der Waals surface area contributed by atoms with E-state index in [9.17, 15) is 0 Å². The minimum atomic E-state index is 0.123. The van der Waals surface area contributed by atoms with Crippen LogP contribution in [0.15, 0.2) is 28.8 Å². The van der Waals surface area contributed by atoms with Gasteiger partial charge in [0.25, 0.3) is 0 Å². The van der Waals surface area contributed by atoms with Gasteiger partial charge in [-0.15, -0.1) is 0 Å². The van der Waals surface area contributed by atoms with Gasteiger partial charge in [-0.25, -0.2) is 4.98 Å². The second-order valence-electron chi connectivity index (χ2n) is 4.78. The molecular weight excluding hydrogens is 224 g/mol. The van der Waals surface area contributed by atoms with Gasteiger partial charge in [-0.3, -0.25) is 0 Å². The molecule has 0 aliphatic heterocycles. The first-order valence-electron chi connectivity index (χ1n) is 6.28. The Bertz CT molecular complexity index is 511. The Morgan fingerprint density at radius 1 is 1.22 bits per heavy atom. The van der Waals surface area contributed by atoms with Crippen LogP contribution in [0, 0.1) is 20.8 Å². The van der Waals surface area contributed by atoms with E-state index in [0.29, 0.717) is 0 Å². The van der Waals surface area contributed by atoms with Crippen LogP contribution in [-0.2, 0) is 6.54 Å². The average molecular weight is 244 g/mol. The molecule has 18 heavy (non-hydrogen) atoms. The molecule has 1 aromatic heterocycles. The highest BCUT2D eigenvalue weighted by atomic mass is 16.4. The smallest absolute Gasteiger partial charge is 0.211 e. The van der Waals surface area contributed by atoms with Crippen molar-refractivity contribution in [3.8, 4) is 0 Å². The van der Waals surface area contributed by atoms with Crippen LogP contribution in [0.4, 0.5) is 0 Å². The van der Waals surface area contributed by atoms with Crippen molar-refractivity contribution in [2.75, 3.05) is 0 Å². The third-order valence-electron chi connectivity index (χ3n) is 3.24. The van der Waals surface area contributed by atoms with E-state index in [0.717, 1.165) is 18.2 Å². The molecule has 0 amide bonds. The standard InChI is InChI=1S/C15H20N2O/c1-10-6-5-7-11(2)14(10)9-16-13(4)15-17-8-12(3)18-15/h5-8,13,16H,9H2,1-4H3. The predicted octanol–water partition coefficient (Wildman–Crippen LogP) is 3.45. The normalized spacial score (nSPS) is 12.7. The number of hydrogen-bond acceptors (Lipinski definition) is 3. The number of nitrogens with zero attached hydrogens (tertiary/aromatic N) is 1. The highest BCUT2D eigenvalue weighted by molar-refractivity contribution is 5.33. The second kappa shape index (κ2) is 5.36. The molecule has 2 aromatic rings. The lowest BCUT2D eigenvalue weighted by molar-refractivity contribution is 0.402. The Labute approximate surface area is 108 Å². The lowest BCUT2D eigenvalue weighted by Gasteiger charge is -2.14. The van der Waals surface area contributed by atoms with Crippen LogP contribution in [0.1, 0.15) is 41.3 Å². The van der Waals surface area contributed by atoms with Crippen LogP contribution in [0.3, 0.4) is 0 Å². The van der Waals surface area contributed by atoms with Crippen molar-refractivity contribution in [3.63, 3.8) is 0 Å². The Hall–Kier alpha value is -1.61. The average Bonchev–Trinajstić information content (AvgIpc) is 2.75. The quantitative estimate of drug-likeness (QED) is 0.895. The van der Waals surface area contributed by atoms with Crippen molar-refractivity contribution < 1.29 is 4.42 Å². The van der Waals surface area contributed by atoms with E-state index in [-0.39, 0.29) is 6.04 Å². The molecule has 0 saturated heterocycles. The van der Waals surface area contributed by atoms with Crippen molar-refractivity contribution in [2.45, 2.75) is 40.3 Å². The van der Waals surface area contributed by atoms with Gasteiger partial charge in [0.05, 0.1) is 12.2 Å². The molecule has 0 radical (unpaired) electrons. The first kappa shape index (κ1) is 12.8. The molecule has 1 atom stereocenters. The van der Waals surface area contributed by atoms with Gasteiger partial charge in [-0.1, -0.05) is 18.2 Å². The van der Waals surface area contributed by atoms with E-state index in [2.05, 4.69) is 49.3 Å². The lowest BCUT2D eigenvalue weighted by atomic mass is 10.0. The minimum Gasteiger partial charge on any atom is -0.444 e. The van der Waals surface area contributed by atoms with Gasteiger partial charge in [-0.2, -0.15) is 0 Å². The molecule has 0 bridgehead atoms. The monoisotopic (exact) mass is 244 g/mol. The molecule has 3 heteroatoms. The fourth-order valence-corrected chi connectivity index (χ4v) is 2.04. The predicted molar refractivity (Wildman–Crippen MR) is 72.4 cm³/mol. The SMILES string of the molecule is Cc1cnc(C(C)NCc2c(C)cccc2C)o1. The van der Waals surface area contributed by atoms with Crippen LogP contribution in [-0.4, -0.2) is 4.98 Å². The molecule has 0 spiro atoms. The van der Waals surface area contributed by atoms with Crippen LogP contribution >= 0.6 is 0 Å². The van der Waals surface area contributed by atoms with Crippen molar-refractivity contribution in [1.82, 2.24) is 10.3 Å². The number of hydrogen-bond donors (Lipinski definition) is 1. The van der Waals surface area contributed by atoms with Gasteiger partial charge in [0.15, 0.2) is 0 Å². The number of aryl methyl sites for hydroxylation is 3. The van der Waals surface area contributed by atoms with Gasteiger partial charge in [0.1, 0.15) is 5.76 Å². The number of nitrogens with one attached hydrogen (secondary N) is 1. The maximum Gasteiger partial charge on any atom is 0.211 e. The summed E-state index contributed by atoms with van der Waals surface area (Å²) in [4.78, 5) is 4.24. The number of benzene rings is 1. The van der Waals surface area contributed by atoms with Crippen molar-refractivity contribution in [3.05, 3.63) is 52.7 Å². The summed E-state index contributed by atoms with van der Waals surface area (Å²) in [6.07, 6.45) is 1.76. The van der Waals surface area contributed by atoms with Crippen molar-refractivity contribution >= 4 is 0 Å². The second-order valence-corrected chi connectivity index (χ2v) is 4.78. The van der Waals surface area contributed by atoms with Gasteiger partial charge >= 0.3 is 0 Å². The molecule has 0 saturated carbocycles. The van der Waals surface area contributed by atoms with E-state index < -0.39 is 0 Å². The molecule has 1 N–H and O–H groups in total. The maximum absolute atomic E-state index is 5.52. The van der Waals surface area contributed by atoms with Crippen LogP contribution < -0.4 is 5.32 Å². The third kappa shape index (κ3) is 2.79. The zero-order chi connectivity index (χ0) is 13.1. The van der Waals surface area contributed by atoms with Crippen molar-refractivity contribution in [2.24, 2.45) is 0 Å². The van der Waals surface area contributed by atoms with E-state index in [1.54, 1.807) is 6.20 Å². The van der Waals surface area contributed by atoms with Crippen LogP contribution in [0.25, 0.3) is 0 Å². The highest BCUT2D eigenvalue weighted by Gasteiger charge is 2.11. The summed E-state index contributed by atoms with van der Waals surface area (Å²) in [5.41, 5.74) is 3.99. The Morgan fingerprint density at radius 2 is 1.89 bits per heavy atom. The van der Waals surface area contributed by atoms with Gasteiger partial charge in [-0.05, 0) is 44.4 Å². The molecule has 0 aliphatic rings. The molecule has 3 nitrogen and oxygen atoms in total. The van der Waals surface area contributed by atoms with E-state index in [1.807, 2.05) is 6.92 Å². The third-order valence-corrected chi connectivity index (χ3v) is 3.24. The molecule has 1 aromatic carbocycles. The summed E-state index contributed by atoms with van der Waals surface area (Å²) in [6.45, 7) is 9.10.